The molecule has 1 heterocycles. The molecule has 0 amide bonds. The number of likely N-dealkylation sites (N-methyl/N-ethyl adjacent to an activating group) is 1. The third-order valence-electron chi connectivity index (χ3n) is 12.4. The van der Waals surface area contributed by atoms with Crippen LogP contribution in [-0.2, 0) is 33.2 Å². The fourth-order valence-corrected chi connectivity index (χ4v) is 12.0. The van der Waals surface area contributed by atoms with Crippen molar-refractivity contribution in [3.05, 3.63) is 0 Å². The smallest absolute Gasteiger partial charge is 0.139 e. The van der Waals surface area contributed by atoms with Gasteiger partial charge in [-0.3, -0.25) is 4.90 Å². The van der Waals surface area contributed by atoms with Gasteiger partial charge in [-0.15, -0.1) is 0 Å². The zero-order valence-corrected chi connectivity index (χ0v) is 23.5. The quantitative estimate of drug-likeness (QED) is 0.469. The van der Waals surface area contributed by atoms with E-state index in [4.69, 9.17) is 33.2 Å². The van der Waals surface area contributed by atoms with Crippen molar-refractivity contribution >= 4 is 0 Å². The van der Waals surface area contributed by atoms with Gasteiger partial charge in [0.05, 0.1) is 37.1 Å². The number of methoxy groups -OCH3 is 7. The average Bonchev–Trinajstić information content (AvgIpc) is 3.32. The Kier molecular flexibility index (Phi) is 6.19. The second kappa shape index (κ2) is 8.59. The van der Waals surface area contributed by atoms with Crippen molar-refractivity contribution in [3.63, 3.8) is 0 Å². The maximum atomic E-state index is 6.96. The van der Waals surface area contributed by atoms with Gasteiger partial charge in [-0.2, -0.15) is 0 Å². The summed E-state index contributed by atoms with van der Waals surface area (Å²) in [6, 6.07) is 0.109. The number of rotatable bonds is 9. The van der Waals surface area contributed by atoms with E-state index in [9.17, 15) is 0 Å². The van der Waals surface area contributed by atoms with Gasteiger partial charge in [0.1, 0.15) is 11.2 Å². The van der Waals surface area contributed by atoms with Crippen LogP contribution in [-0.4, -0.2) is 116 Å². The molecule has 0 radical (unpaired) electrons. The Morgan fingerprint density at radius 1 is 0.917 bits per heavy atom. The van der Waals surface area contributed by atoms with E-state index in [1.165, 1.54) is 0 Å². The van der Waals surface area contributed by atoms with E-state index in [0.29, 0.717) is 18.4 Å². The minimum Gasteiger partial charge on any atom is -0.384 e. The van der Waals surface area contributed by atoms with Crippen LogP contribution in [0.3, 0.4) is 0 Å². The molecule has 5 aliphatic carbocycles. The number of piperidine rings is 1. The van der Waals surface area contributed by atoms with Gasteiger partial charge in [0.15, 0.2) is 0 Å². The molecule has 6 fully saturated rings. The third kappa shape index (κ3) is 2.47. The largest absolute Gasteiger partial charge is 0.384 e. The minimum absolute atomic E-state index is 0.0356. The molecule has 0 N–H and O–H groups in total. The monoisotopic (exact) mass is 509 g/mol. The molecule has 6 aliphatic rings. The third-order valence-corrected chi connectivity index (χ3v) is 12.4. The highest BCUT2D eigenvalue weighted by atomic mass is 16.6. The van der Waals surface area contributed by atoms with E-state index < -0.39 is 11.2 Å². The Bertz CT molecular complexity index is 860. The summed E-state index contributed by atoms with van der Waals surface area (Å²) in [5.41, 5.74) is -1.50. The second-order valence-electron chi connectivity index (χ2n) is 12.5. The average molecular weight is 510 g/mol. The van der Waals surface area contributed by atoms with Crippen molar-refractivity contribution in [1.29, 1.82) is 0 Å². The Morgan fingerprint density at radius 3 is 2.25 bits per heavy atom. The topological polar surface area (TPSA) is 67.9 Å². The van der Waals surface area contributed by atoms with Gasteiger partial charge in [-0.25, -0.2) is 0 Å². The number of hydrogen-bond donors (Lipinski definition) is 0. The van der Waals surface area contributed by atoms with E-state index in [1.807, 2.05) is 49.8 Å². The normalized spacial score (nSPS) is 56.8. The van der Waals surface area contributed by atoms with E-state index >= 15 is 0 Å². The molecule has 1 aliphatic heterocycles. The van der Waals surface area contributed by atoms with Crippen LogP contribution >= 0.6 is 0 Å². The summed E-state index contributed by atoms with van der Waals surface area (Å²) in [5, 5.41) is 0. The molecular formula is C28H47NO7. The first-order valence-electron chi connectivity index (χ1n) is 13.9. The van der Waals surface area contributed by atoms with Crippen LogP contribution in [0, 0.1) is 34.5 Å². The molecule has 1 saturated heterocycles. The molecule has 8 nitrogen and oxygen atoms in total. The number of ether oxygens (including phenoxy) is 7. The van der Waals surface area contributed by atoms with Crippen molar-refractivity contribution in [2.45, 2.75) is 74.3 Å². The molecule has 206 valence electrons. The standard InChI is InChI=1S/C28H47NO7/c1-9-29-14-25(15-30-2)11-10-19(32-4)27-17-12-16-18(31-3)13-26(35-7,20(17)21(16)33-5)28(36-8,24(27)29)23(34-6)22(25)27/h16-24H,9-15H2,1-8H3/t16-,17-,18+,19+,20-,21+,22-,23+,24+,25+,26-,27+,28-/m1/s1. The molecule has 0 unspecified atom stereocenters. The lowest BCUT2D eigenvalue weighted by Gasteiger charge is -2.71. The highest BCUT2D eigenvalue weighted by molar-refractivity contribution is 5.42. The number of likely N-dealkylation sites (tertiary alicyclic amines) is 1. The fourth-order valence-electron chi connectivity index (χ4n) is 12.0. The van der Waals surface area contributed by atoms with Crippen LogP contribution < -0.4 is 0 Å². The lowest BCUT2D eigenvalue weighted by atomic mass is 9.42. The van der Waals surface area contributed by atoms with Gasteiger partial charge in [0.2, 0.25) is 0 Å². The van der Waals surface area contributed by atoms with Crippen molar-refractivity contribution in [1.82, 2.24) is 4.90 Å². The van der Waals surface area contributed by atoms with Crippen LogP contribution in [0.15, 0.2) is 0 Å². The number of fused-ring (bicyclic) bond motifs is 2. The van der Waals surface area contributed by atoms with Gasteiger partial charge in [0, 0.05) is 91.3 Å². The summed E-state index contributed by atoms with van der Waals surface area (Å²) in [6.07, 6.45) is 3.96. The summed E-state index contributed by atoms with van der Waals surface area (Å²) >= 11 is 0. The first kappa shape index (κ1) is 25.9. The van der Waals surface area contributed by atoms with Crippen molar-refractivity contribution in [2.24, 2.45) is 34.5 Å². The molecular weight excluding hydrogens is 462 g/mol. The predicted molar refractivity (Wildman–Crippen MR) is 133 cm³/mol. The van der Waals surface area contributed by atoms with Crippen LogP contribution in [0.2, 0.25) is 0 Å². The van der Waals surface area contributed by atoms with Gasteiger partial charge >= 0.3 is 0 Å². The lowest BCUT2D eigenvalue weighted by molar-refractivity contribution is -0.332. The summed E-state index contributed by atoms with van der Waals surface area (Å²) in [4.78, 5) is 2.69. The Hall–Kier alpha value is -0.320. The van der Waals surface area contributed by atoms with Gasteiger partial charge < -0.3 is 33.2 Å². The van der Waals surface area contributed by atoms with Crippen molar-refractivity contribution in [3.8, 4) is 0 Å². The molecule has 8 heteroatoms. The Labute approximate surface area is 216 Å². The van der Waals surface area contributed by atoms with E-state index in [1.54, 1.807) is 0 Å². The Balaban J connectivity index is 1.72. The number of nitrogens with zero attached hydrogens (tertiary/aromatic N) is 1. The van der Waals surface area contributed by atoms with Gasteiger partial charge in [-0.05, 0) is 31.7 Å². The van der Waals surface area contributed by atoms with Crippen molar-refractivity contribution < 1.29 is 33.2 Å². The molecule has 0 aromatic carbocycles. The van der Waals surface area contributed by atoms with Crippen LogP contribution in [0.1, 0.15) is 32.6 Å². The summed E-state index contributed by atoms with van der Waals surface area (Å²) in [7, 11) is 13.1. The van der Waals surface area contributed by atoms with E-state index in [0.717, 1.165) is 38.8 Å². The predicted octanol–water partition coefficient (Wildman–Crippen LogP) is 2.23. The molecule has 36 heavy (non-hydrogen) atoms. The van der Waals surface area contributed by atoms with Crippen molar-refractivity contribution in [2.75, 3.05) is 69.5 Å². The van der Waals surface area contributed by atoms with Crippen LogP contribution in [0.4, 0.5) is 0 Å². The zero-order valence-electron chi connectivity index (χ0n) is 23.5. The maximum Gasteiger partial charge on any atom is 0.139 e. The van der Waals surface area contributed by atoms with Crippen LogP contribution in [0.5, 0.6) is 0 Å². The molecule has 5 saturated carbocycles. The van der Waals surface area contributed by atoms with Gasteiger partial charge in [-0.1, -0.05) is 6.92 Å². The molecule has 6 rings (SSSR count). The molecule has 1 spiro atoms. The Morgan fingerprint density at radius 2 is 1.69 bits per heavy atom. The summed E-state index contributed by atoms with van der Waals surface area (Å²) < 4.78 is 45.6. The molecule has 7 bridgehead atoms. The lowest BCUT2D eigenvalue weighted by Crippen LogP contribution is -2.82. The summed E-state index contributed by atoms with van der Waals surface area (Å²) in [6.45, 7) is 4.92. The minimum atomic E-state index is -0.697. The highest BCUT2D eigenvalue weighted by Crippen LogP contribution is 2.81. The fraction of sp³-hybridized carbons (Fsp3) is 1.00. The first-order chi connectivity index (χ1) is 17.4. The highest BCUT2D eigenvalue weighted by Gasteiger charge is 2.92. The van der Waals surface area contributed by atoms with Crippen LogP contribution in [0.25, 0.3) is 0 Å². The second-order valence-corrected chi connectivity index (χ2v) is 12.5. The van der Waals surface area contributed by atoms with E-state index in [2.05, 4.69) is 11.8 Å². The first-order valence-corrected chi connectivity index (χ1v) is 13.9. The molecule has 13 atom stereocenters. The zero-order chi connectivity index (χ0) is 25.7. The van der Waals surface area contributed by atoms with Gasteiger partial charge in [0.25, 0.3) is 0 Å². The number of hydrogen-bond acceptors (Lipinski definition) is 8. The SMILES string of the molecule is CCN1C[C@]2(COC)CC[C@H](OC)[C@@]34[C@@H]5C[C@H]6[C@H](OC)[C@@H]5[C@](OC)(C[C@@H]6OC)[C@@](OC)([C@@H](OC)[C@H]23)[C@@H]14. The molecule has 0 aromatic rings. The summed E-state index contributed by atoms with van der Waals surface area (Å²) in [5.74, 6) is 1.09. The molecule has 0 aromatic heterocycles. The maximum absolute atomic E-state index is 6.96. The van der Waals surface area contributed by atoms with E-state index in [-0.39, 0.29) is 53.1 Å².